The first kappa shape index (κ1) is 18.2. The first-order chi connectivity index (χ1) is 13.9. The van der Waals surface area contributed by atoms with Crippen LogP contribution in [0.3, 0.4) is 0 Å². The molecule has 29 heavy (non-hydrogen) atoms. The van der Waals surface area contributed by atoms with Crippen molar-refractivity contribution in [2.75, 3.05) is 31.6 Å². The molecule has 1 amide bonds. The number of amides is 1. The zero-order valence-corrected chi connectivity index (χ0v) is 16.4. The van der Waals surface area contributed by atoms with Crippen LogP contribution in [0.1, 0.15) is 5.82 Å². The Balaban J connectivity index is 1.35. The fourth-order valence-electron chi connectivity index (χ4n) is 3.80. The quantitative estimate of drug-likeness (QED) is 0.734. The van der Waals surface area contributed by atoms with Gasteiger partial charge in [-0.1, -0.05) is 12.1 Å². The normalized spacial score (nSPS) is 19.0. The number of pyridine rings is 1. The number of imidazole rings is 1. The smallest absolute Gasteiger partial charge is 0.265 e. The number of anilines is 1. The summed E-state index contributed by atoms with van der Waals surface area (Å²) in [5, 5.41) is 4.51. The minimum atomic E-state index is -1.87. The standard InChI is InChI=1S/C21H22FN5O2/c1-13-23-8-18(26(13)2)14-3-4-15-7-24-19(6-16(15)5-14)25-20(28)21(22)11-27(12-21)17-9-29-10-17/h3-8,17H,9-12H2,1-2H3,(H,24,25,28). The molecule has 150 valence electrons. The van der Waals surface area contributed by atoms with Crippen LogP contribution in [0.15, 0.2) is 36.7 Å². The van der Waals surface area contributed by atoms with Gasteiger partial charge in [0, 0.05) is 37.3 Å². The Morgan fingerprint density at radius 2 is 2.00 bits per heavy atom. The fourth-order valence-corrected chi connectivity index (χ4v) is 3.80. The zero-order valence-electron chi connectivity index (χ0n) is 16.4. The van der Waals surface area contributed by atoms with Gasteiger partial charge in [-0.2, -0.15) is 0 Å². The number of nitrogens with zero attached hydrogens (tertiary/aromatic N) is 4. The fraction of sp³-hybridized carbons (Fsp3) is 0.381. The molecule has 0 bridgehead atoms. The number of ether oxygens (including phenoxy) is 1. The SMILES string of the molecule is Cc1ncc(-c2ccc3cnc(NC(=O)C4(F)CN(C5COC5)C4)cc3c2)n1C. The molecule has 4 heterocycles. The molecule has 1 N–H and O–H groups in total. The summed E-state index contributed by atoms with van der Waals surface area (Å²) < 4.78 is 22.0. The summed E-state index contributed by atoms with van der Waals surface area (Å²) in [7, 11) is 1.97. The highest BCUT2D eigenvalue weighted by atomic mass is 19.1. The monoisotopic (exact) mass is 395 g/mol. The van der Waals surface area contributed by atoms with E-state index >= 15 is 0 Å². The summed E-state index contributed by atoms with van der Waals surface area (Å²) in [6, 6.07) is 8.03. The predicted octanol–water partition coefficient (Wildman–Crippen LogP) is 2.30. The molecule has 2 aliphatic rings. The van der Waals surface area contributed by atoms with E-state index in [1.807, 2.05) is 47.8 Å². The largest absolute Gasteiger partial charge is 0.378 e. The molecule has 0 unspecified atom stereocenters. The molecule has 2 saturated heterocycles. The van der Waals surface area contributed by atoms with Gasteiger partial charge in [-0.25, -0.2) is 14.4 Å². The lowest BCUT2D eigenvalue weighted by Gasteiger charge is -2.49. The van der Waals surface area contributed by atoms with Crippen LogP contribution in [-0.2, 0) is 16.6 Å². The second kappa shape index (κ2) is 6.60. The number of likely N-dealkylation sites (tertiary alicyclic amines) is 1. The van der Waals surface area contributed by atoms with Crippen molar-refractivity contribution in [3.05, 3.63) is 42.5 Å². The van der Waals surface area contributed by atoms with Crippen LogP contribution in [0.2, 0.25) is 0 Å². The maximum Gasteiger partial charge on any atom is 0.265 e. The number of nitrogens with one attached hydrogen (secondary N) is 1. The molecular formula is C21H22FN5O2. The minimum absolute atomic E-state index is 0.102. The van der Waals surface area contributed by atoms with Crippen LogP contribution in [0.25, 0.3) is 22.0 Å². The molecule has 2 aliphatic heterocycles. The number of carbonyl (C=O) groups is 1. The summed E-state index contributed by atoms with van der Waals surface area (Å²) in [6.07, 6.45) is 3.52. The maximum absolute atomic E-state index is 14.9. The Morgan fingerprint density at radius 1 is 1.21 bits per heavy atom. The van der Waals surface area contributed by atoms with Crippen molar-refractivity contribution in [3.8, 4) is 11.3 Å². The summed E-state index contributed by atoms with van der Waals surface area (Å²) in [6.45, 7) is 3.38. The van der Waals surface area contributed by atoms with E-state index in [1.54, 1.807) is 12.3 Å². The number of hydrogen-bond donors (Lipinski definition) is 1. The lowest BCUT2D eigenvalue weighted by molar-refractivity contribution is -0.159. The van der Waals surface area contributed by atoms with Gasteiger partial charge < -0.3 is 14.6 Å². The lowest BCUT2D eigenvalue weighted by atomic mass is 9.92. The number of rotatable bonds is 4. The van der Waals surface area contributed by atoms with Gasteiger partial charge in [-0.05, 0) is 24.4 Å². The van der Waals surface area contributed by atoms with Crippen molar-refractivity contribution in [1.82, 2.24) is 19.4 Å². The average Bonchev–Trinajstić information content (AvgIpc) is 2.97. The van der Waals surface area contributed by atoms with Gasteiger partial charge in [0.25, 0.3) is 5.91 Å². The number of fused-ring (bicyclic) bond motifs is 1. The highest BCUT2D eigenvalue weighted by molar-refractivity contribution is 5.99. The summed E-state index contributed by atoms with van der Waals surface area (Å²) in [5.41, 5.74) is 0.146. The second-order valence-electron chi connectivity index (χ2n) is 7.90. The van der Waals surface area contributed by atoms with Crippen molar-refractivity contribution < 1.29 is 13.9 Å². The molecular weight excluding hydrogens is 373 g/mol. The third-order valence-electron chi connectivity index (χ3n) is 5.93. The van der Waals surface area contributed by atoms with E-state index in [9.17, 15) is 9.18 Å². The van der Waals surface area contributed by atoms with Crippen LogP contribution in [0.4, 0.5) is 10.2 Å². The topological polar surface area (TPSA) is 72.3 Å². The van der Waals surface area contributed by atoms with Crippen LogP contribution < -0.4 is 5.32 Å². The average molecular weight is 395 g/mol. The molecule has 5 rings (SSSR count). The predicted molar refractivity (Wildman–Crippen MR) is 107 cm³/mol. The molecule has 2 fully saturated rings. The van der Waals surface area contributed by atoms with E-state index in [1.165, 1.54) is 0 Å². The zero-order chi connectivity index (χ0) is 20.2. The second-order valence-corrected chi connectivity index (χ2v) is 7.90. The molecule has 0 aliphatic carbocycles. The van der Waals surface area contributed by atoms with E-state index in [4.69, 9.17) is 4.74 Å². The Bertz CT molecular complexity index is 1100. The lowest BCUT2D eigenvalue weighted by Crippen LogP contribution is -2.70. The van der Waals surface area contributed by atoms with Crippen LogP contribution in [0.5, 0.6) is 0 Å². The Hall–Kier alpha value is -2.84. The van der Waals surface area contributed by atoms with Gasteiger partial charge in [0.05, 0.1) is 31.1 Å². The van der Waals surface area contributed by atoms with Crippen molar-refractivity contribution in [2.45, 2.75) is 18.6 Å². The number of carbonyl (C=O) groups excluding carboxylic acids is 1. The highest BCUT2D eigenvalue weighted by Crippen LogP contribution is 2.31. The number of aryl methyl sites for hydroxylation is 1. The molecule has 0 spiro atoms. The van der Waals surface area contributed by atoms with E-state index in [2.05, 4.69) is 15.3 Å². The molecule has 0 atom stereocenters. The first-order valence-corrected chi connectivity index (χ1v) is 9.64. The number of aromatic nitrogens is 3. The highest BCUT2D eigenvalue weighted by Gasteiger charge is 2.53. The van der Waals surface area contributed by atoms with E-state index in [-0.39, 0.29) is 19.1 Å². The van der Waals surface area contributed by atoms with Crippen molar-refractivity contribution in [1.29, 1.82) is 0 Å². The summed E-state index contributed by atoms with van der Waals surface area (Å²) >= 11 is 0. The molecule has 7 nitrogen and oxygen atoms in total. The van der Waals surface area contributed by atoms with Gasteiger partial charge in [0.1, 0.15) is 11.6 Å². The molecule has 1 aromatic carbocycles. The Morgan fingerprint density at radius 3 is 2.66 bits per heavy atom. The third-order valence-corrected chi connectivity index (χ3v) is 5.93. The third kappa shape index (κ3) is 3.08. The van der Waals surface area contributed by atoms with Crippen molar-refractivity contribution in [3.63, 3.8) is 0 Å². The summed E-state index contributed by atoms with van der Waals surface area (Å²) in [4.78, 5) is 23.0. The number of hydrogen-bond acceptors (Lipinski definition) is 5. The Labute approximate surface area is 167 Å². The first-order valence-electron chi connectivity index (χ1n) is 9.64. The van der Waals surface area contributed by atoms with Gasteiger partial charge in [0.15, 0.2) is 0 Å². The van der Waals surface area contributed by atoms with Crippen LogP contribution >= 0.6 is 0 Å². The molecule has 3 aromatic rings. The van der Waals surface area contributed by atoms with Crippen LogP contribution in [-0.4, -0.2) is 63.4 Å². The van der Waals surface area contributed by atoms with Crippen LogP contribution in [0, 0.1) is 6.92 Å². The molecule has 0 saturated carbocycles. The number of alkyl halides is 1. The van der Waals surface area contributed by atoms with Gasteiger partial charge in [-0.3, -0.25) is 9.69 Å². The van der Waals surface area contributed by atoms with Crippen molar-refractivity contribution in [2.24, 2.45) is 7.05 Å². The minimum Gasteiger partial charge on any atom is -0.378 e. The summed E-state index contributed by atoms with van der Waals surface area (Å²) in [5.74, 6) is 0.640. The molecule has 0 radical (unpaired) electrons. The van der Waals surface area contributed by atoms with Gasteiger partial charge in [0.2, 0.25) is 5.67 Å². The van der Waals surface area contributed by atoms with Crippen molar-refractivity contribution >= 4 is 22.5 Å². The van der Waals surface area contributed by atoms with Gasteiger partial charge >= 0.3 is 0 Å². The maximum atomic E-state index is 14.9. The Kier molecular flexibility index (Phi) is 4.15. The molecule has 8 heteroatoms. The van der Waals surface area contributed by atoms with E-state index < -0.39 is 11.6 Å². The van der Waals surface area contributed by atoms with E-state index in [0.717, 1.165) is 27.9 Å². The van der Waals surface area contributed by atoms with Gasteiger partial charge in [-0.15, -0.1) is 0 Å². The molecule has 2 aromatic heterocycles. The number of halogens is 1. The number of benzene rings is 1. The van der Waals surface area contributed by atoms with E-state index in [0.29, 0.717) is 19.0 Å².